The van der Waals surface area contributed by atoms with Crippen LogP contribution in [-0.2, 0) is 25.7 Å². The predicted molar refractivity (Wildman–Crippen MR) is 253 cm³/mol. The van der Waals surface area contributed by atoms with E-state index in [9.17, 15) is 0 Å². The molecule has 6 heterocycles. The minimum Gasteiger partial charge on any atom is -0.371 e. The second-order valence-electron chi connectivity index (χ2n) is 17.6. The van der Waals surface area contributed by atoms with Crippen molar-refractivity contribution in [2.45, 2.75) is 51.4 Å². The van der Waals surface area contributed by atoms with Gasteiger partial charge in [0.25, 0.3) is 6.71 Å². The molecule has 0 aliphatic carbocycles. The van der Waals surface area contributed by atoms with Gasteiger partial charge in [0.15, 0.2) is 0 Å². The van der Waals surface area contributed by atoms with Gasteiger partial charge in [-0.05, 0) is 151 Å². The Kier molecular flexibility index (Phi) is 7.79. The Bertz CT molecular complexity index is 2540. The molecule has 7 aromatic carbocycles. The number of benzene rings is 7. The zero-order chi connectivity index (χ0) is 39.3. The van der Waals surface area contributed by atoms with Crippen molar-refractivity contribution in [2.24, 2.45) is 0 Å². The summed E-state index contributed by atoms with van der Waals surface area (Å²) in [5, 5.41) is 0. The Labute approximate surface area is 354 Å². The summed E-state index contributed by atoms with van der Waals surface area (Å²) >= 11 is 0. The average molecular weight is 778 g/mol. The van der Waals surface area contributed by atoms with Crippen molar-refractivity contribution in [1.29, 1.82) is 0 Å². The fourth-order valence-corrected chi connectivity index (χ4v) is 12.3. The second-order valence-corrected chi connectivity index (χ2v) is 17.6. The molecule has 0 fully saturated rings. The summed E-state index contributed by atoms with van der Waals surface area (Å²) < 4.78 is 0. The topological polar surface area (TPSA) is 16.2 Å². The van der Waals surface area contributed by atoms with Gasteiger partial charge in [0, 0.05) is 77.4 Å². The maximum atomic E-state index is 2.84. The lowest BCUT2D eigenvalue weighted by Gasteiger charge is -2.52. The first-order valence-corrected chi connectivity index (χ1v) is 22.5. The van der Waals surface area contributed by atoms with Crippen molar-refractivity contribution in [1.82, 2.24) is 0 Å². The SMILES string of the molecule is c1ccc(N(c2ccccc2)c2ccc3c4c2CCCN4c2c4c5c(c6c2B3c2ccc(N(c3ccccc3)c3ccccc3)c3c2N6CCC3)CCCN5CCC4)cc1. The molecular weight excluding hydrogens is 729 g/mol. The summed E-state index contributed by atoms with van der Waals surface area (Å²) in [7, 11) is 0. The van der Waals surface area contributed by atoms with Crippen LogP contribution < -0.4 is 40.9 Å². The van der Waals surface area contributed by atoms with E-state index in [4.69, 9.17) is 0 Å². The highest BCUT2D eigenvalue weighted by molar-refractivity contribution is 7.00. The van der Waals surface area contributed by atoms with Crippen molar-refractivity contribution in [3.63, 3.8) is 0 Å². The lowest BCUT2D eigenvalue weighted by Crippen LogP contribution is -2.64. The van der Waals surface area contributed by atoms with E-state index in [1.54, 1.807) is 33.7 Å². The van der Waals surface area contributed by atoms with E-state index in [1.165, 1.54) is 93.5 Å². The molecule has 13 rings (SSSR count). The fourth-order valence-electron chi connectivity index (χ4n) is 12.3. The first kappa shape index (κ1) is 34.5. The summed E-state index contributed by atoms with van der Waals surface area (Å²) in [6.45, 7) is 4.64. The molecule has 0 radical (unpaired) electrons. The first-order chi connectivity index (χ1) is 29.8. The highest BCUT2D eigenvalue weighted by atomic mass is 15.2. The van der Waals surface area contributed by atoms with Crippen molar-refractivity contribution in [3.8, 4) is 0 Å². The Balaban J connectivity index is 1.10. The lowest BCUT2D eigenvalue weighted by molar-refractivity contribution is 0.631. The van der Waals surface area contributed by atoms with Crippen LogP contribution in [0, 0.1) is 0 Å². The van der Waals surface area contributed by atoms with Gasteiger partial charge in [0.1, 0.15) is 0 Å². The number of hydrogen-bond acceptors (Lipinski definition) is 5. The molecule has 0 aromatic heterocycles. The van der Waals surface area contributed by atoms with Crippen LogP contribution in [0.25, 0.3) is 0 Å². The normalized spacial score (nSPS) is 16.4. The Morgan fingerprint density at radius 3 is 1.12 bits per heavy atom. The van der Waals surface area contributed by atoms with Crippen LogP contribution in [0.1, 0.15) is 47.9 Å². The molecule has 60 heavy (non-hydrogen) atoms. The summed E-state index contributed by atoms with van der Waals surface area (Å²) in [6.07, 6.45) is 9.21. The summed E-state index contributed by atoms with van der Waals surface area (Å²) in [6, 6.07) is 54.1. The summed E-state index contributed by atoms with van der Waals surface area (Å²) in [5.74, 6) is 0. The molecule has 0 N–H and O–H groups in total. The van der Waals surface area contributed by atoms with Crippen LogP contribution in [0.2, 0.25) is 0 Å². The van der Waals surface area contributed by atoms with Gasteiger partial charge in [-0.25, -0.2) is 0 Å². The lowest BCUT2D eigenvalue weighted by atomic mass is 9.32. The van der Waals surface area contributed by atoms with Gasteiger partial charge in [-0.15, -0.1) is 0 Å². The Morgan fingerprint density at radius 2 is 0.717 bits per heavy atom. The van der Waals surface area contributed by atoms with E-state index < -0.39 is 0 Å². The number of nitrogens with zero attached hydrogens (tertiary/aromatic N) is 5. The van der Waals surface area contributed by atoms with Gasteiger partial charge in [-0.2, -0.15) is 0 Å². The molecule has 7 aromatic rings. The van der Waals surface area contributed by atoms with Crippen LogP contribution in [0.3, 0.4) is 0 Å². The third-order valence-electron chi connectivity index (χ3n) is 14.4. The molecule has 5 nitrogen and oxygen atoms in total. The van der Waals surface area contributed by atoms with Gasteiger partial charge < -0.3 is 24.5 Å². The molecule has 6 aliphatic rings. The van der Waals surface area contributed by atoms with Gasteiger partial charge >= 0.3 is 0 Å². The van der Waals surface area contributed by atoms with E-state index in [0.29, 0.717) is 0 Å². The van der Waals surface area contributed by atoms with Gasteiger partial charge in [-0.1, -0.05) is 84.9 Å². The van der Waals surface area contributed by atoms with Gasteiger partial charge in [-0.3, -0.25) is 0 Å². The van der Waals surface area contributed by atoms with E-state index in [1.807, 2.05) is 0 Å². The second kappa shape index (κ2) is 13.6. The quantitative estimate of drug-likeness (QED) is 0.156. The molecule has 6 aliphatic heterocycles. The molecular formula is C54H48BN5. The molecule has 0 spiro atoms. The largest absolute Gasteiger partial charge is 0.371 e. The van der Waals surface area contributed by atoms with Gasteiger partial charge in [0.2, 0.25) is 0 Å². The highest BCUT2D eigenvalue weighted by Gasteiger charge is 2.49. The minimum absolute atomic E-state index is 0.173. The molecule has 0 saturated carbocycles. The fraction of sp³-hybridized carbons (Fsp3) is 0.222. The van der Waals surface area contributed by atoms with E-state index in [2.05, 4.69) is 170 Å². The number of fused-ring (bicyclic) bond motifs is 6. The smallest absolute Gasteiger partial charge is 0.252 e. The van der Waals surface area contributed by atoms with Crippen LogP contribution in [0.4, 0.5) is 62.6 Å². The molecule has 0 unspecified atom stereocenters. The van der Waals surface area contributed by atoms with Crippen molar-refractivity contribution >= 4 is 85.7 Å². The maximum Gasteiger partial charge on any atom is 0.252 e. The molecule has 0 bridgehead atoms. The van der Waals surface area contributed by atoms with Crippen molar-refractivity contribution in [2.75, 3.05) is 50.7 Å². The number of anilines is 11. The molecule has 0 amide bonds. The predicted octanol–water partition coefficient (Wildman–Crippen LogP) is 10.6. The first-order valence-electron chi connectivity index (χ1n) is 22.5. The number of para-hydroxylation sites is 4. The number of hydrogen-bond donors (Lipinski definition) is 0. The Morgan fingerprint density at radius 1 is 0.350 bits per heavy atom. The number of rotatable bonds is 6. The minimum atomic E-state index is 0.173. The van der Waals surface area contributed by atoms with E-state index >= 15 is 0 Å². The monoisotopic (exact) mass is 777 g/mol. The highest BCUT2D eigenvalue weighted by Crippen LogP contribution is 2.54. The zero-order valence-electron chi connectivity index (χ0n) is 34.2. The third-order valence-corrected chi connectivity index (χ3v) is 14.4. The maximum absolute atomic E-state index is 2.84. The van der Waals surface area contributed by atoms with Crippen LogP contribution >= 0.6 is 0 Å². The molecule has 0 saturated heterocycles. The zero-order valence-corrected chi connectivity index (χ0v) is 34.2. The third kappa shape index (κ3) is 4.94. The molecule has 292 valence electrons. The summed E-state index contributed by atoms with van der Waals surface area (Å²) in [4.78, 5) is 13.5. The van der Waals surface area contributed by atoms with Crippen molar-refractivity contribution in [3.05, 3.63) is 168 Å². The van der Waals surface area contributed by atoms with Crippen molar-refractivity contribution < 1.29 is 0 Å². The van der Waals surface area contributed by atoms with Crippen LogP contribution in [-0.4, -0.2) is 32.9 Å². The van der Waals surface area contributed by atoms with E-state index in [0.717, 1.165) is 51.6 Å². The van der Waals surface area contributed by atoms with Crippen LogP contribution in [0.15, 0.2) is 146 Å². The summed E-state index contributed by atoms with van der Waals surface area (Å²) in [5.41, 5.74) is 25.9. The Hall–Kier alpha value is -6.40. The van der Waals surface area contributed by atoms with E-state index in [-0.39, 0.29) is 6.71 Å². The van der Waals surface area contributed by atoms with Crippen LogP contribution in [0.5, 0.6) is 0 Å². The molecule has 6 heteroatoms. The average Bonchev–Trinajstić information content (AvgIpc) is 3.32. The van der Waals surface area contributed by atoms with Gasteiger partial charge in [0.05, 0.1) is 11.4 Å². The standard InChI is InChI=1S/C54H48BN5/c1-5-17-37(18-6-1)59(38-19-7-2-8-20-38)47-31-29-45-51-41(47)25-15-35-57(51)53-43-27-13-33-56-34-14-28-44(50(43)56)54-49(53)55(45)46-30-32-48(42-26-16-36-58(54)52(42)46)60(39-21-9-3-10-22-39)40-23-11-4-12-24-40/h1-12,17-24,29-32H,13-16,25-28,33-36H2. The molecule has 0 atom stereocenters.